The molecule has 0 amide bonds. The lowest BCUT2D eigenvalue weighted by molar-refractivity contribution is 0.0321. The van der Waals surface area contributed by atoms with Gasteiger partial charge in [0.2, 0.25) is 0 Å². The highest BCUT2D eigenvalue weighted by atomic mass is 16.3. The number of rotatable bonds is 7. The van der Waals surface area contributed by atoms with Crippen molar-refractivity contribution in [3.8, 4) is 0 Å². The van der Waals surface area contributed by atoms with Crippen LogP contribution in [0.2, 0.25) is 0 Å². The van der Waals surface area contributed by atoms with Crippen LogP contribution in [0.3, 0.4) is 0 Å². The van der Waals surface area contributed by atoms with Gasteiger partial charge in [-0.15, -0.1) is 0 Å². The monoisotopic (exact) mass is 224 g/mol. The second kappa shape index (κ2) is 6.04. The Morgan fingerprint density at radius 2 is 2.06 bits per heavy atom. The smallest absolute Gasteiger partial charge is 0.140 e. The lowest BCUT2D eigenvalue weighted by atomic mass is 9.97. The molecule has 0 fully saturated rings. The Hall–Kier alpha value is -0.830. The van der Waals surface area contributed by atoms with Crippen molar-refractivity contribution < 1.29 is 5.11 Å². The van der Waals surface area contributed by atoms with E-state index >= 15 is 0 Å². The summed E-state index contributed by atoms with van der Waals surface area (Å²) in [6.07, 6.45) is 9.00. The standard InChI is InChI=1S/C13H24N2O/c1-4-6-7-8-13(3,16)12-14-9-11-15(12)10-5-2/h9,11,16H,4-8,10H2,1-3H3. The second-order valence-electron chi connectivity index (χ2n) is 4.68. The Morgan fingerprint density at radius 1 is 1.31 bits per heavy atom. The van der Waals surface area contributed by atoms with Gasteiger partial charge in [-0.05, 0) is 19.8 Å². The average Bonchev–Trinajstić information content (AvgIpc) is 2.67. The number of aryl methyl sites for hydroxylation is 1. The molecule has 92 valence electrons. The predicted molar refractivity (Wildman–Crippen MR) is 66.2 cm³/mol. The lowest BCUT2D eigenvalue weighted by Crippen LogP contribution is -2.26. The molecule has 3 nitrogen and oxygen atoms in total. The highest BCUT2D eigenvalue weighted by Gasteiger charge is 2.27. The van der Waals surface area contributed by atoms with Crippen LogP contribution in [-0.4, -0.2) is 14.7 Å². The molecule has 0 spiro atoms. The molecule has 0 aliphatic heterocycles. The van der Waals surface area contributed by atoms with Crippen LogP contribution in [0.1, 0.15) is 58.7 Å². The molecule has 0 aliphatic carbocycles. The van der Waals surface area contributed by atoms with Crippen molar-refractivity contribution in [2.75, 3.05) is 0 Å². The van der Waals surface area contributed by atoms with Crippen molar-refractivity contribution in [2.45, 2.75) is 65.0 Å². The second-order valence-corrected chi connectivity index (χ2v) is 4.68. The van der Waals surface area contributed by atoms with Gasteiger partial charge in [0, 0.05) is 18.9 Å². The molecule has 0 aliphatic rings. The quantitative estimate of drug-likeness (QED) is 0.723. The van der Waals surface area contributed by atoms with E-state index in [1.807, 2.05) is 13.1 Å². The normalized spacial score (nSPS) is 15.0. The van der Waals surface area contributed by atoms with E-state index < -0.39 is 5.60 Å². The first-order chi connectivity index (χ1) is 7.61. The van der Waals surface area contributed by atoms with E-state index in [1.165, 1.54) is 12.8 Å². The van der Waals surface area contributed by atoms with Crippen LogP contribution in [0.25, 0.3) is 0 Å². The molecule has 1 aromatic heterocycles. The largest absolute Gasteiger partial charge is 0.382 e. The fourth-order valence-electron chi connectivity index (χ4n) is 2.03. The number of hydrogen-bond donors (Lipinski definition) is 1. The molecule has 1 atom stereocenters. The molecule has 1 rings (SSSR count). The Labute approximate surface area is 98.5 Å². The number of imidazole rings is 1. The van der Waals surface area contributed by atoms with E-state index in [-0.39, 0.29) is 0 Å². The van der Waals surface area contributed by atoms with E-state index in [1.54, 1.807) is 6.20 Å². The van der Waals surface area contributed by atoms with Gasteiger partial charge in [0.25, 0.3) is 0 Å². The van der Waals surface area contributed by atoms with E-state index in [0.29, 0.717) is 0 Å². The number of hydrogen-bond acceptors (Lipinski definition) is 2. The summed E-state index contributed by atoms with van der Waals surface area (Å²) in [7, 11) is 0. The average molecular weight is 224 g/mol. The van der Waals surface area contributed by atoms with E-state index in [2.05, 4.69) is 23.4 Å². The number of unbranched alkanes of at least 4 members (excludes halogenated alkanes) is 2. The summed E-state index contributed by atoms with van der Waals surface area (Å²) < 4.78 is 2.06. The van der Waals surface area contributed by atoms with E-state index in [4.69, 9.17) is 0 Å². The zero-order valence-corrected chi connectivity index (χ0v) is 10.7. The highest BCUT2D eigenvalue weighted by Crippen LogP contribution is 2.25. The molecular formula is C13H24N2O. The van der Waals surface area contributed by atoms with Crippen molar-refractivity contribution in [3.63, 3.8) is 0 Å². The molecule has 0 aromatic carbocycles. The molecule has 0 radical (unpaired) electrons. The predicted octanol–water partition coefficient (Wildman–Crippen LogP) is 3.08. The van der Waals surface area contributed by atoms with Gasteiger partial charge in [-0.25, -0.2) is 4.98 Å². The van der Waals surface area contributed by atoms with Crippen LogP contribution in [-0.2, 0) is 12.1 Å². The summed E-state index contributed by atoms with van der Waals surface area (Å²) in [6, 6.07) is 0. The summed E-state index contributed by atoms with van der Waals surface area (Å²) in [5.41, 5.74) is -0.784. The van der Waals surface area contributed by atoms with Gasteiger partial charge < -0.3 is 9.67 Å². The van der Waals surface area contributed by atoms with Crippen LogP contribution in [0, 0.1) is 0 Å². The third-order valence-electron chi connectivity index (χ3n) is 2.93. The number of nitrogens with zero attached hydrogens (tertiary/aromatic N) is 2. The summed E-state index contributed by atoms with van der Waals surface area (Å²) in [6.45, 7) is 7.11. The molecule has 1 aromatic rings. The summed E-state index contributed by atoms with van der Waals surface area (Å²) >= 11 is 0. The number of aromatic nitrogens is 2. The molecule has 0 saturated heterocycles. The molecule has 0 bridgehead atoms. The summed E-state index contributed by atoms with van der Waals surface area (Å²) in [5.74, 6) is 0.811. The van der Waals surface area contributed by atoms with Crippen LogP contribution in [0.5, 0.6) is 0 Å². The molecular weight excluding hydrogens is 200 g/mol. The Kier molecular flexibility index (Phi) is 5.00. The maximum Gasteiger partial charge on any atom is 0.140 e. The zero-order chi connectivity index (χ0) is 12.0. The van der Waals surface area contributed by atoms with Crippen molar-refractivity contribution in [2.24, 2.45) is 0 Å². The van der Waals surface area contributed by atoms with Gasteiger partial charge in [-0.3, -0.25) is 0 Å². The first-order valence-corrected chi connectivity index (χ1v) is 6.35. The van der Waals surface area contributed by atoms with Crippen LogP contribution in [0.15, 0.2) is 12.4 Å². The van der Waals surface area contributed by atoms with Crippen molar-refractivity contribution in [3.05, 3.63) is 18.2 Å². The minimum Gasteiger partial charge on any atom is -0.382 e. The fourth-order valence-corrected chi connectivity index (χ4v) is 2.03. The number of aliphatic hydroxyl groups is 1. The summed E-state index contributed by atoms with van der Waals surface area (Å²) in [5, 5.41) is 10.4. The van der Waals surface area contributed by atoms with E-state index in [9.17, 15) is 5.11 Å². The maximum absolute atomic E-state index is 10.4. The van der Waals surface area contributed by atoms with Gasteiger partial charge >= 0.3 is 0 Å². The molecule has 0 saturated carbocycles. The van der Waals surface area contributed by atoms with Gasteiger partial charge in [-0.2, -0.15) is 0 Å². The van der Waals surface area contributed by atoms with Crippen LogP contribution >= 0.6 is 0 Å². The Balaban J connectivity index is 2.68. The lowest BCUT2D eigenvalue weighted by Gasteiger charge is -2.23. The molecule has 3 heteroatoms. The molecule has 1 unspecified atom stereocenters. The topological polar surface area (TPSA) is 38.1 Å². The first kappa shape index (κ1) is 13.2. The zero-order valence-electron chi connectivity index (χ0n) is 10.7. The first-order valence-electron chi connectivity index (χ1n) is 6.35. The third kappa shape index (κ3) is 3.34. The fraction of sp³-hybridized carbons (Fsp3) is 0.769. The SMILES string of the molecule is CCCCCC(C)(O)c1nccn1CCC. The van der Waals surface area contributed by atoms with Gasteiger partial charge in [0.1, 0.15) is 11.4 Å². The van der Waals surface area contributed by atoms with Crippen molar-refractivity contribution in [1.82, 2.24) is 9.55 Å². The molecule has 1 heterocycles. The highest BCUT2D eigenvalue weighted by molar-refractivity contribution is 5.03. The van der Waals surface area contributed by atoms with Gasteiger partial charge in [-0.1, -0.05) is 33.1 Å². The minimum absolute atomic E-state index is 0.784. The molecule has 16 heavy (non-hydrogen) atoms. The van der Waals surface area contributed by atoms with Crippen LogP contribution < -0.4 is 0 Å². The maximum atomic E-state index is 10.4. The Morgan fingerprint density at radius 3 is 2.69 bits per heavy atom. The van der Waals surface area contributed by atoms with Crippen molar-refractivity contribution in [1.29, 1.82) is 0 Å². The summed E-state index contributed by atoms with van der Waals surface area (Å²) in [4.78, 5) is 4.30. The van der Waals surface area contributed by atoms with Gasteiger partial charge in [0.05, 0.1) is 0 Å². The van der Waals surface area contributed by atoms with Crippen molar-refractivity contribution >= 4 is 0 Å². The van der Waals surface area contributed by atoms with Gasteiger partial charge in [0.15, 0.2) is 0 Å². The molecule has 1 N–H and O–H groups in total. The third-order valence-corrected chi connectivity index (χ3v) is 2.93. The minimum atomic E-state index is -0.784. The Bertz CT molecular complexity index is 305. The van der Waals surface area contributed by atoms with E-state index in [0.717, 1.165) is 31.6 Å². The van der Waals surface area contributed by atoms with Crippen LogP contribution in [0.4, 0.5) is 0 Å².